The number of nitrogens with zero attached hydrogens (tertiary/aromatic N) is 1. The van der Waals surface area contributed by atoms with E-state index in [1.807, 2.05) is 0 Å². The molecule has 0 spiro atoms. The predicted molar refractivity (Wildman–Crippen MR) is 64.6 cm³/mol. The highest BCUT2D eigenvalue weighted by Crippen LogP contribution is 2.29. The molecule has 0 unspecified atom stereocenters. The van der Waals surface area contributed by atoms with Gasteiger partial charge in [0.05, 0.1) is 17.4 Å². The minimum absolute atomic E-state index is 0.0471. The van der Waals surface area contributed by atoms with Gasteiger partial charge in [0, 0.05) is 25.5 Å². The van der Waals surface area contributed by atoms with Gasteiger partial charge < -0.3 is 10.6 Å². The van der Waals surface area contributed by atoms with Gasteiger partial charge in [-0.05, 0) is 17.8 Å². The van der Waals surface area contributed by atoms with E-state index in [0.717, 1.165) is 0 Å². The Morgan fingerprint density at radius 3 is 2.83 bits per heavy atom. The first-order valence-corrected chi connectivity index (χ1v) is 6.03. The van der Waals surface area contributed by atoms with Crippen LogP contribution in [0.5, 0.6) is 0 Å². The van der Waals surface area contributed by atoms with Gasteiger partial charge in [-0.25, -0.2) is 0 Å². The Kier molecular flexibility index (Phi) is 5.26. The Labute approximate surface area is 106 Å². The molecule has 8 heteroatoms. The van der Waals surface area contributed by atoms with Crippen LogP contribution in [0.15, 0.2) is 18.5 Å². The van der Waals surface area contributed by atoms with Crippen molar-refractivity contribution >= 4 is 23.4 Å². The third-order valence-corrected chi connectivity index (χ3v) is 2.72. The molecule has 0 saturated heterocycles. The van der Waals surface area contributed by atoms with E-state index in [1.165, 1.54) is 18.5 Å². The van der Waals surface area contributed by atoms with E-state index in [2.05, 4.69) is 15.6 Å². The van der Waals surface area contributed by atoms with Crippen LogP contribution in [-0.4, -0.2) is 35.7 Å². The predicted octanol–water partition coefficient (Wildman–Crippen LogP) is 2.11. The molecule has 0 aliphatic rings. The second-order valence-corrected chi connectivity index (χ2v) is 4.38. The van der Waals surface area contributed by atoms with Crippen LogP contribution in [0, 0.1) is 0 Å². The molecule has 1 aromatic rings. The van der Waals surface area contributed by atoms with E-state index in [-0.39, 0.29) is 24.1 Å². The molecule has 4 nitrogen and oxygen atoms in total. The second kappa shape index (κ2) is 6.48. The van der Waals surface area contributed by atoms with Crippen molar-refractivity contribution in [1.82, 2.24) is 10.3 Å². The minimum Gasteiger partial charge on any atom is -0.386 e. The zero-order chi connectivity index (χ0) is 13.6. The van der Waals surface area contributed by atoms with Gasteiger partial charge in [0.1, 0.15) is 0 Å². The van der Waals surface area contributed by atoms with E-state index >= 15 is 0 Å². The number of rotatable bonds is 5. The smallest absolute Gasteiger partial charge is 0.386 e. The van der Waals surface area contributed by atoms with Crippen molar-refractivity contribution < 1.29 is 18.0 Å². The summed E-state index contributed by atoms with van der Waals surface area (Å²) in [6.45, 7) is -0.0471. The number of thioether (sulfide) groups is 1. The van der Waals surface area contributed by atoms with Gasteiger partial charge in [0.25, 0.3) is 5.91 Å². The van der Waals surface area contributed by atoms with Crippen molar-refractivity contribution in [3.63, 3.8) is 0 Å². The van der Waals surface area contributed by atoms with Crippen molar-refractivity contribution in [3.8, 4) is 0 Å². The number of pyridine rings is 1. The summed E-state index contributed by atoms with van der Waals surface area (Å²) < 4.78 is 35.6. The van der Waals surface area contributed by atoms with E-state index in [9.17, 15) is 18.0 Å². The number of carbonyl (C=O) groups excluding carboxylic acids is 1. The number of nitrogens with one attached hydrogen (secondary N) is 2. The summed E-state index contributed by atoms with van der Waals surface area (Å²) in [5.41, 5.74) is -3.39. The number of amides is 1. The molecule has 0 aliphatic heterocycles. The number of anilines is 1. The molecule has 0 atom stereocenters. The van der Waals surface area contributed by atoms with Crippen LogP contribution < -0.4 is 10.6 Å². The number of aromatic nitrogens is 1. The lowest BCUT2D eigenvalue weighted by atomic mass is 10.2. The van der Waals surface area contributed by atoms with Crippen LogP contribution in [0.25, 0.3) is 0 Å². The quantitative estimate of drug-likeness (QED) is 0.811. The number of halogens is 3. The highest BCUT2D eigenvalue weighted by molar-refractivity contribution is 8.00. The fourth-order valence-electron chi connectivity index (χ4n) is 1.22. The molecule has 1 rings (SSSR count). The van der Waals surface area contributed by atoms with Crippen LogP contribution >= 0.6 is 11.8 Å². The Hall–Kier alpha value is -1.44. The highest BCUT2D eigenvalue weighted by Gasteiger charge is 2.27. The van der Waals surface area contributed by atoms with Crippen LogP contribution in [0.1, 0.15) is 10.4 Å². The molecule has 100 valence electrons. The lowest BCUT2D eigenvalue weighted by molar-refractivity contribution is -0.0327. The number of alkyl halides is 3. The van der Waals surface area contributed by atoms with Crippen molar-refractivity contribution in [1.29, 1.82) is 0 Å². The maximum atomic E-state index is 11.9. The van der Waals surface area contributed by atoms with Crippen molar-refractivity contribution in [2.45, 2.75) is 5.51 Å². The molecule has 0 aliphatic carbocycles. The first kappa shape index (κ1) is 14.6. The third kappa shape index (κ3) is 4.82. The van der Waals surface area contributed by atoms with Gasteiger partial charge in [-0.2, -0.15) is 13.2 Å². The van der Waals surface area contributed by atoms with Gasteiger partial charge in [-0.1, -0.05) is 0 Å². The Morgan fingerprint density at radius 1 is 1.50 bits per heavy atom. The second-order valence-electron chi connectivity index (χ2n) is 3.22. The molecule has 0 fully saturated rings. The van der Waals surface area contributed by atoms with Crippen molar-refractivity contribution in [2.75, 3.05) is 24.7 Å². The van der Waals surface area contributed by atoms with E-state index < -0.39 is 11.4 Å². The molecule has 0 aromatic carbocycles. The van der Waals surface area contributed by atoms with Gasteiger partial charge in [-0.15, -0.1) is 0 Å². The topological polar surface area (TPSA) is 54.0 Å². The minimum atomic E-state index is -4.27. The average molecular weight is 279 g/mol. The zero-order valence-electron chi connectivity index (χ0n) is 9.54. The maximum Gasteiger partial charge on any atom is 0.441 e. The molecule has 0 radical (unpaired) electrons. The Morgan fingerprint density at radius 2 is 2.22 bits per heavy atom. The molecular formula is C10H12F3N3OS. The average Bonchev–Trinajstić information content (AvgIpc) is 2.33. The van der Waals surface area contributed by atoms with Gasteiger partial charge >= 0.3 is 5.51 Å². The standard InChI is InChI=1S/C10H12F3N3OS/c1-14-8-6-15-3-2-7(8)9(17)16-4-5-18-10(11,12)13/h2-3,6,14H,4-5H2,1H3,(H,16,17). The van der Waals surface area contributed by atoms with E-state index in [0.29, 0.717) is 11.3 Å². The maximum absolute atomic E-state index is 11.9. The molecular weight excluding hydrogens is 267 g/mol. The van der Waals surface area contributed by atoms with Gasteiger partial charge in [-0.3, -0.25) is 9.78 Å². The summed E-state index contributed by atoms with van der Waals surface area (Å²) in [6.07, 6.45) is 2.92. The summed E-state index contributed by atoms with van der Waals surface area (Å²) >= 11 is -0.162. The lowest BCUT2D eigenvalue weighted by Crippen LogP contribution is -2.27. The molecule has 1 heterocycles. The highest BCUT2D eigenvalue weighted by atomic mass is 32.2. The Balaban J connectivity index is 2.46. The van der Waals surface area contributed by atoms with Gasteiger partial charge in [0.15, 0.2) is 0 Å². The lowest BCUT2D eigenvalue weighted by Gasteiger charge is -2.09. The SMILES string of the molecule is CNc1cnccc1C(=O)NCCSC(F)(F)F. The number of hydrogen-bond acceptors (Lipinski definition) is 4. The van der Waals surface area contributed by atoms with Crippen molar-refractivity contribution in [2.24, 2.45) is 0 Å². The van der Waals surface area contributed by atoms with Crippen LogP contribution in [0.4, 0.5) is 18.9 Å². The summed E-state index contributed by atoms with van der Waals surface area (Å²) in [4.78, 5) is 15.5. The fourth-order valence-corrected chi connectivity index (χ4v) is 1.65. The largest absolute Gasteiger partial charge is 0.441 e. The summed E-state index contributed by atoms with van der Waals surface area (Å²) in [5.74, 6) is -0.639. The summed E-state index contributed by atoms with van der Waals surface area (Å²) in [7, 11) is 1.63. The normalized spacial score (nSPS) is 11.1. The molecule has 1 aromatic heterocycles. The number of carbonyl (C=O) groups is 1. The molecule has 0 saturated carbocycles. The molecule has 18 heavy (non-hydrogen) atoms. The number of hydrogen-bond donors (Lipinski definition) is 2. The third-order valence-electron chi connectivity index (χ3n) is 1.99. The monoisotopic (exact) mass is 279 g/mol. The molecule has 1 amide bonds. The van der Waals surface area contributed by atoms with Crippen molar-refractivity contribution in [3.05, 3.63) is 24.0 Å². The van der Waals surface area contributed by atoms with Gasteiger partial charge in [0.2, 0.25) is 0 Å². The first-order chi connectivity index (χ1) is 8.44. The summed E-state index contributed by atoms with van der Waals surface area (Å²) in [6, 6.07) is 1.50. The zero-order valence-corrected chi connectivity index (χ0v) is 10.4. The first-order valence-electron chi connectivity index (χ1n) is 5.04. The molecule has 2 N–H and O–H groups in total. The fraction of sp³-hybridized carbons (Fsp3) is 0.400. The molecule has 0 bridgehead atoms. The summed E-state index contributed by atoms with van der Waals surface area (Å²) in [5, 5.41) is 5.20. The Bertz CT molecular complexity index is 412. The van der Waals surface area contributed by atoms with Crippen LogP contribution in [-0.2, 0) is 0 Å². The van der Waals surface area contributed by atoms with Crippen LogP contribution in [0.3, 0.4) is 0 Å². The van der Waals surface area contributed by atoms with E-state index in [1.54, 1.807) is 7.05 Å². The van der Waals surface area contributed by atoms with E-state index in [4.69, 9.17) is 0 Å². The van der Waals surface area contributed by atoms with Crippen LogP contribution in [0.2, 0.25) is 0 Å².